The Bertz CT molecular complexity index is 988. The Balaban J connectivity index is 2.32. The number of pyridine rings is 1. The fourth-order valence-corrected chi connectivity index (χ4v) is 2.12. The molecule has 0 radical (unpaired) electrons. The summed E-state index contributed by atoms with van der Waals surface area (Å²) >= 11 is 0. The smallest absolute Gasteiger partial charge is 0.261 e. The maximum Gasteiger partial charge on any atom is 0.261 e. The van der Waals surface area contributed by atoms with Crippen molar-refractivity contribution in [3.63, 3.8) is 0 Å². The molecule has 2 heterocycles. The fraction of sp³-hybridized carbons (Fsp3) is 0.0667. The highest BCUT2D eigenvalue weighted by Crippen LogP contribution is 2.27. The molecule has 0 atom stereocenters. The Morgan fingerprint density at radius 2 is 1.91 bits per heavy atom. The molecular weight excluding hydrogens is 290 g/mol. The third-order valence-corrected chi connectivity index (χ3v) is 3.27. The molecule has 0 unspecified atom stereocenters. The first-order valence-electron chi connectivity index (χ1n) is 6.23. The van der Waals surface area contributed by atoms with E-state index in [0.29, 0.717) is 0 Å². The summed E-state index contributed by atoms with van der Waals surface area (Å²) in [7, 11) is 1.46. The van der Waals surface area contributed by atoms with Gasteiger partial charge < -0.3 is 4.57 Å². The summed E-state index contributed by atoms with van der Waals surface area (Å²) in [4.78, 5) is 19.6. The second kappa shape index (κ2) is 5.00. The van der Waals surface area contributed by atoms with Crippen LogP contribution in [-0.4, -0.2) is 14.5 Å². The van der Waals surface area contributed by atoms with E-state index in [2.05, 4.69) is 9.97 Å². The van der Waals surface area contributed by atoms with Crippen molar-refractivity contribution in [2.75, 3.05) is 0 Å². The first kappa shape index (κ1) is 13.8. The number of hydrogen-bond donors (Lipinski definition) is 0. The Kier molecular flexibility index (Phi) is 3.14. The summed E-state index contributed by atoms with van der Waals surface area (Å²) in [5.74, 6) is -2.49. The molecule has 0 aliphatic heterocycles. The Hall–Kier alpha value is -3.14. The van der Waals surface area contributed by atoms with Gasteiger partial charge in [-0.3, -0.25) is 4.79 Å². The van der Waals surface area contributed by atoms with Gasteiger partial charge in [-0.1, -0.05) is 0 Å². The average molecular weight is 298 g/mol. The SMILES string of the molecule is Cn1ccc2cc(-c3ncc(C#N)cn3)c(F)c(F)c2c1=O. The standard InChI is InChI=1S/C15H8F2N4O/c1-21-3-2-9-4-10(12(16)13(17)11(9)15(21)22)14-19-6-8(5-18)7-20-14/h2-4,6-7H,1H3. The highest BCUT2D eigenvalue weighted by molar-refractivity contribution is 5.86. The molecule has 0 saturated carbocycles. The molecule has 108 valence electrons. The summed E-state index contributed by atoms with van der Waals surface area (Å²) in [5, 5.41) is 8.63. The van der Waals surface area contributed by atoms with Crippen LogP contribution in [0.25, 0.3) is 22.2 Å². The number of fused-ring (bicyclic) bond motifs is 1. The van der Waals surface area contributed by atoms with Crippen LogP contribution in [0.3, 0.4) is 0 Å². The first-order chi connectivity index (χ1) is 10.5. The van der Waals surface area contributed by atoms with E-state index in [4.69, 9.17) is 5.26 Å². The molecule has 3 rings (SSSR count). The Morgan fingerprint density at radius 1 is 1.23 bits per heavy atom. The molecule has 0 amide bonds. The van der Waals surface area contributed by atoms with Crippen molar-refractivity contribution in [2.45, 2.75) is 0 Å². The predicted molar refractivity (Wildman–Crippen MR) is 74.8 cm³/mol. The molecule has 7 heteroatoms. The number of hydrogen-bond acceptors (Lipinski definition) is 4. The van der Waals surface area contributed by atoms with E-state index in [1.807, 2.05) is 6.07 Å². The van der Waals surface area contributed by atoms with Crippen molar-refractivity contribution >= 4 is 10.8 Å². The van der Waals surface area contributed by atoms with E-state index in [9.17, 15) is 13.6 Å². The molecule has 5 nitrogen and oxygen atoms in total. The van der Waals surface area contributed by atoms with E-state index in [0.717, 1.165) is 0 Å². The van der Waals surface area contributed by atoms with Crippen LogP contribution in [-0.2, 0) is 7.05 Å². The molecule has 0 aliphatic rings. The highest BCUT2D eigenvalue weighted by Gasteiger charge is 2.19. The monoisotopic (exact) mass is 298 g/mol. The summed E-state index contributed by atoms with van der Waals surface area (Å²) in [6, 6.07) is 4.66. The van der Waals surface area contributed by atoms with E-state index in [1.54, 1.807) is 0 Å². The number of benzene rings is 1. The zero-order chi connectivity index (χ0) is 15.9. The fourth-order valence-electron chi connectivity index (χ4n) is 2.12. The van der Waals surface area contributed by atoms with E-state index in [1.165, 1.54) is 42.3 Å². The zero-order valence-electron chi connectivity index (χ0n) is 11.3. The second-order valence-electron chi connectivity index (χ2n) is 4.66. The lowest BCUT2D eigenvalue weighted by atomic mass is 10.1. The Labute approximate surface area is 123 Å². The second-order valence-corrected chi connectivity index (χ2v) is 4.66. The number of nitriles is 1. The quantitative estimate of drug-likeness (QED) is 0.690. The van der Waals surface area contributed by atoms with Crippen molar-refractivity contribution in [3.8, 4) is 17.5 Å². The molecule has 0 N–H and O–H groups in total. The lowest BCUT2D eigenvalue weighted by Crippen LogP contribution is -2.17. The summed E-state index contributed by atoms with van der Waals surface area (Å²) < 4.78 is 29.6. The molecule has 0 bridgehead atoms. The van der Waals surface area contributed by atoms with Gasteiger partial charge in [0.1, 0.15) is 6.07 Å². The van der Waals surface area contributed by atoms with Crippen LogP contribution in [0, 0.1) is 23.0 Å². The molecule has 0 saturated heterocycles. The minimum Gasteiger partial charge on any atom is -0.318 e. The summed E-state index contributed by atoms with van der Waals surface area (Å²) in [6.45, 7) is 0. The van der Waals surface area contributed by atoms with Crippen molar-refractivity contribution < 1.29 is 8.78 Å². The van der Waals surface area contributed by atoms with Crippen LogP contribution in [0.5, 0.6) is 0 Å². The molecular formula is C15H8F2N4O. The van der Waals surface area contributed by atoms with E-state index in [-0.39, 0.29) is 27.7 Å². The van der Waals surface area contributed by atoms with Crippen LogP contribution in [0.1, 0.15) is 5.56 Å². The van der Waals surface area contributed by atoms with Gasteiger partial charge in [0.05, 0.1) is 16.5 Å². The van der Waals surface area contributed by atoms with E-state index >= 15 is 0 Å². The minimum atomic E-state index is -1.23. The van der Waals surface area contributed by atoms with Crippen molar-refractivity contribution in [1.29, 1.82) is 5.26 Å². The first-order valence-corrected chi connectivity index (χ1v) is 6.23. The summed E-state index contributed by atoms with van der Waals surface area (Å²) in [6.07, 6.45) is 3.90. The van der Waals surface area contributed by atoms with Gasteiger partial charge in [-0.05, 0) is 17.5 Å². The van der Waals surface area contributed by atoms with Gasteiger partial charge >= 0.3 is 0 Å². The zero-order valence-corrected chi connectivity index (χ0v) is 11.3. The Morgan fingerprint density at radius 3 is 2.55 bits per heavy atom. The molecule has 22 heavy (non-hydrogen) atoms. The largest absolute Gasteiger partial charge is 0.318 e. The van der Waals surface area contributed by atoms with Crippen LogP contribution in [0.15, 0.2) is 35.5 Å². The maximum absolute atomic E-state index is 14.2. The number of aromatic nitrogens is 3. The van der Waals surface area contributed by atoms with Gasteiger partial charge in [0.15, 0.2) is 17.5 Å². The van der Waals surface area contributed by atoms with Gasteiger partial charge in [0, 0.05) is 25.6 Å². The van der Waals surface area contributed by atoms with Crippen molar-refractivity contribution in [1.82, 2.24) is 14.5 Å². The molecule has 0 aliphatic carbocycles. The van der Waals surface area contributed by atoms with Gasteiger partial charge in [0.2, 0.25) is 0 Å². The average Bonchev–Trinajstić information content (AvgIpc) is 2.54. The van der Waals surface area contributed by atoms with E-state index < -0.39 is 17.2 Å². The van der Waals surface area contributed by atoms with Crippen LogP contribution in [0.2, 0.25) is 0 Å². The summed E-state index contributed by atoms with van der Waals surface area (Å²) in [5.41, 5.74) is -0.580. The molecule has 3 aromatic rings. The lowest BCUT2D eigenvalue weighted by molar-refractivity contribution is 0.517. The number of halogens is 2. The minimum absolute atomic E-state index is 0.0574. The van der Waals surface area contributed by atoms with Gasteiger partial charge in [-0.15, -0.1) is 0 Å². The molecule has 1 aromatic carbocycles. The number of rotatable bonds is 1. The lowest BCUT2D eigenvalue weighted by Gasteiger charge is -2.07. The van der Waals surface area contributed by atoms with Crippen molar-refractivity contribution in [3.05, 3.63) is 58.3 Å². The number of nitrogens with zero attached hydrogens (tertiary/aromatic N) is 4. The van der Waals surface area contributed by atoms with Crippen LogP contribution >= 0.6 is 0 Å². The maximum atomic E-state index is 14.2. The number of aryl methyl sites for hydroxylation is 1. The predicted octanol–water partition coefficient (Wildman–Crippen LogP) is 2.15. The van der Waals surface area contributed by atoms with Crippen molar-refractivity contribution in [2.24, 2.45) is 7.05 Å². The van der Waals surface area contributed by atoms with Gasteiger partial charge in [-0.2, -0.15) is 5.26 Å². The topological polar surface area (TPSA) is 71.6 Å². The molecule has 0 fully saturated rings. The van der Waals surface area contributed by atoms with Gasteiger partial charge in [-0.25, -0.2) is 18.7 Å². The third-order valence-electron chi connectivity index (χ3n) is 3.27. The third kappa shape index (κ3) is 2.02. The molecule has 0 spiro atoms. The van der Waals surface area contributed by atoms with Crippen LogP contribution in [0.4, 0.5) is 8.78 Å². The molecule has 2 aromatic heterocycles. The highest BCUT2D eigenvalue weighted by atomic mass is 19.2. The normalized spacial score (nSPS) is 10.6. The van der Waals surface area contributed by atoms with Crippen LogP contribution < -0.4 is 5.56 Å². The van der Waals surface area contributed by atoms with Gasteiger partial charge in [0.25, 0.3) is 5.56 Å².